The van der Waals surface area contributed by atoms with Gasteiger partial charge >= 0.3 is 0 Å². The number of benzene rings is 2. The number of aryl methyl sites for hydroxylation is 1. The van der Waals surface area contributed by atoms with Crippen LogP contribution in [0.2, 0.25) is 0 Å². The largest absolute Gasteiger partial charge is 0.493 e. The highest BCUT2D eigenvalue weighted by Gasteiger charge is 2.26. The van der Waals surface area contributed by atoms with Crippen molar-refractivity contribution in [3.8, 4) is 17.2 Å². The van der Waals surface area contributed by atoms with Gasteiger partial charge in [-0.3, -0.25) is 4.90 Å². The quantitative estimate of drug-likeness (QED) is 0.844. The van der Waals surface area contributed by atoms with Crippen LogP contribution in [0, 0.1) is 6.92 Å². The molecule has 5 nitrogen and oxygen atoms in total. The topological polar surface area (TPSA) is 43.0 Å². The molecule has 0 spiro atoms. The Labute approximate surface area is 162 Å². The van der Waals surface area contributed by atoms with Gasteiger partial charge in [0, 0.05) is 19.6 Å². The van der Waals surface area contributed by atoms with E-state index < -0.39 is 0 Å². The number of rotatable bonds is 6. The zero-order valence-electron chi connectivity index (χ0n) is 16.7. The first kappa shape index (κ1) is 19.5. The van der Waals surface area contributed by atoms with Crippen LogP contribution in [0.4, 0.5) is 0 Å². The number of nitrogens with one attached hydrogen (secondary N) is 1. The Balaban J connectivity index is 2.10. The molecule has 1 fully saturated rings. The smallest absolute Gasteiger partial charge is 0.203 e. The Morgan fingerprint density at radius 3 is 2.11 bits per heavy atom. The van der Waals surface area contributed by atoms with Crippen molar-refractivity contribution < 1.29 is 14.2 Å². The third-order valence-corrected chi connectivity index (χ3v) is 5.14. The molecule has 0 aliphatic carbocycles. The molecule has 0 bridgehead atoms. The Kier molecular flexibility index (Phi) is 6.58. The van der Waals surface area contributed by atoms with E-state index in [4.69, 9.17) is 14.2 Å². The van der Waals surface area contributed by atoms with Crippen molar-refractivity contribution in [1.82, 2.24) is 10.2 Å². The molecule has 0 radical (unpaired) electrons. The maximum absolute atomic E-state index is 5.60. The summed E-state index contributed by atoms with van der Waals surface area (Å²) in [6, 6.07) is 13.1. The second-order valence-electron chi connectivity index (χ2n) is 6.91. The number of hydrogen-bond acceptors (Lipinski definition) is 5. The van der Waals surface area contributed by atoms with Gasteiger partial charge in [-0.25, -0.2) is 0 Å². The summed E-state index contributed by atoms with van der Waals surface area (Å²) in [6.07, 6.45) is 1.13. The van der Waals surface area contributed by atoms with Gasteiger partial charge in [0.25, 0.3) is 0 Å². The molecule has 2 aromatic carbocycles. The van der Waals surface area contributed by atoms with Crippen LogP contribution in [0.25, 0.3) is 0 Å². The summed E-state index contributed by atoms with van der Waals surface area (Å²) < 4.78 is 16.7. The maximum Gasteiger partial charge on any atom is 0.203 e. The molecule has 1 aliphatic rings. The summed E-state index contributed by atoms with van der Waals surface area (Å²) >= 11 is 0. The molecular weight excluding hydrogens is 340 g/mol. The maximum atomic E-state index is 5.60. The van der Waals surface area contributed by atoms with Crippen molar-refractivity contribution in [2.45, 2.75) is 19.4 Å². The highest BCUT2D eigenvalue weighted by molar-refractivity contribution is 5.55. The molecule has 2 aromatic rings. The Morgan fingerprint density at radius 1 is 0.852 bits per heavy atom. The summed E-state index contributed by atoms with van der Waals surface area (Å²) in [5.41, 5.74) is 3.69. The van der Waals surface area contributed by atoms with E-state index in [1.54, 1.807) is 21.3 Å². The highest BCUT2D eigenvalue weighted by Crippen LogP contribution is 2.42. The van der Waals surface area contributed by atoms with E-state index in [1.165, 1.54) is 11.1 Å². The predicted molar refractivity (Wildman–Crippen MR) is 108 cm³/mol. The second-order valence-corrected chi connectivity index (χ2v) is 6.91. The van der Waals surface area contributed by atoms with Crippen LogP contribution in [0.1, 0.15) is 29.2 Å². The van der Waals surface area contributed by atoms with Crippen molar-refractivity contribution in [2.75, 3.05) is 47.5 Å². The van der Waals surface area contributed by atoms with Gasteiger partial charge in [-0.1, -0.05) is 29.8 Å². The molecule has 146 valence electrons. The van der Waals surface area contributed by atoms with Crippen molar-refractivity contribution in [1.29, 1.82) is 0 Å². The van der Waals surface area contributed by atoms with Gasteiger partial charge in [-0.15, -0.1) is 0 Å². The first-order valence-electron chi connectivity index (χ1n) is 9.49. The van der Waals surface area contributed by atoms with Crippen molar-refractivity contribution >= 4 is 0 Å². The fourth-order valence-electron chi connectivity index (χ4n) is 3.75. The number of methoxy groups -OCH3 is 3. The molecule has 27 heavy (non-hydrogen) atoms. The third-order valence-electron chi connectivity index (χ3n) is 5.14. The standard InChI is InChI=1S/C22H30N2O3/c1-16-6-8-17(9-7-16)21(24-12-5-10-23-11-13-24)18-14-19(25-2)22(27-4)20(15-18)26-3/h6-9,14-15,21,23H,5,10-13H2,1-4H3. The van der Waals surface area contributed by atoms with E-state index in [-0.39, 0.29) is 6.04 Å². The first-order chi connectivity index (χ1) is 13.2. The summed E-state index contributed by atoms with van der Waals surface area (Å²) in [5, 5.41) is 3.50. The average molecular weight is 370 g/mol. The van der Waals surface area contributed by atoms with Crippen LogP contribution in [-0.4, -0.2) is 52.4 Å². The summed E-state index contributed by atoms with van der Waals surface area (Å²) in [7, 11) is 4.97. The van der Waals surface area contributed by atoms with Crippen LogP contribution >= 0.6 is 0 Å². The van der Waals surface area contributed by atoms with Gasteiger partial charge in [0.05, 0.1) is 27.4 Å². The lowest BCUT2D eigenvalue weighted by Gasteiger charge is -2.32. The van der Waals surface area contributed by atoms with Gasteiger partial charge in [-0.05, 0) is 43.1 Å². The molecule has 1 unspecified atom stereocenters. The Hall–Kier alpha value is -2.24. The second kappa shape index (κ2) is 9.11. The van der Waals surface area contributed by atoms with Gasteiger partial charge in [0.1, 0.15) is 0 Å². The van der Waals surface area contributed by atoms with Gasteiger partial charge < -0.3 is 19.5 Å². The van der Waals surface area contributed by atoms with Crippen LogP contribution in [-0.2, 0) is 0 Å². The van der Waals surface area contributed by atoms with Crippen molar-refractivity contribution in [2.24, 2.45) is 0 Å². The first-order valence-corrected chi connectivity index (χ1v) is 9.49. The fraction of sp³-hybridized carbons (Fsp3) is 0.455. The normalized spacial score (nSPS) is 16.4. The predicted octanol–water partition coefficient (Wildman–Crippen LogP) is 3.41. The van der Waals surface area contributed by atoms with Crippen molar-refractivity contribution in [3.63, 3.8) is 0 Å². The molecule has 5 heteroatoms. The number of ether oxygens (including phenoxy) is 3. The molecule has 1 N–H and O–H groups in total. The Morgan fingerprint density at radius 2 is 1.52 bits per heavy atom. The van der Waals surface area contributed by atoms with E-state index >= 15 is 0 Å². The monoisotopic (exact) mass is 370 g/mol. The van der Waals surface area contributed by atoms with E-state index in [1.807, 2.05) is 0 Å². The van der Waals surface area contributed by atoms with Gasteiger partial charge in [-0.2, -0.15) is 0 Å². The molecule has 1 saturated heterocycles. The van der Waals surface area contributed by atoms with Crippen molar-refractivity contribution in [3.05, 3.63) is 53.1 Å². The lowest BCUT2D eigenvalue weighted by molar-refractivity contribution is 0.239. The zero-order valence-corrected chi connectivity index (χ0v) is 16.7. The molecule has 3 rings (SSSR count). The third kappa shape index (κ3) is 4.37. The molecule has 0 amide bonds. The molecule has 0 aromatic heterocycles. The summed E-state index contributed by atoms with van der Waals surface area (Å²) in [5.74, 6) is 2.01. The molecule has 1 heterocycles. The molecule has 1 aliphatic heterocycles. The highest BCUT2D eigenvalue weighted by atomic mass is 16.5. The molecular formula is C22H30N2O3. The van der Waals surface area contributed by atoms with E-state index in [9.17, 15) is 0 Å². The van der Waals surface area contributed by atoms with E-state index in [0.29, 0.717) is 17.2 Å². The summed E-state index contributed by atoms with van der Waals surface area (Å²) in [6.45, 7) is 6.21. The fourth-order valence-corrected chi connectivity index (χ4v) is 3.75. The van der Waals surface area contributed by atoms with Crippen LogP contribution in [0.15, 0.2) is 36.4 Å². The number of hydrogen-bond donors (Lipinski definition) is 1. The van der Waals surface area contributed by atoms with E-state index in [0.717, 1.165) is 38.2 Å². The lowest BCUT2D eigenvalue weighted by Crippen LogP contribution is -2.33. The zero-order chi connectivity index (χ0) is 19.2. The Bertz CT molecular complexity index is 713. The van der Waals surface area contributed by atoms with Gasteiger partial charge in [0.15, 0.2) is 11.5 Å². The SMILES string of the molecule is COc1cc(C(c2ccc(C)cc2)N2CCCNCC2)cc(OC)c1OC. The van der Waals surface area contributed by atoms with E-state index in [2.05, 4.69) is 53.5 Å². The van der Waals surface area contributed by atoms with Crippen LogP contribution < -0.4 is 19.5 Å². The minimum atomic E-state index is 0.138. The average Bonchev–Trinajstić information content (AvgIpc) is 2.98. The minimum absolute atomic E-state index is 0.138. The summed E-state index contributed by atoms with van der Waals surface area (Å²) in [4.78, 5) is 2.53. The molecule has 0 saturated carbocycles. The van der Waals surface area contributed by atoms with Crippen LogP contribution in [0.3, 0.4) is 0 Å². The minimum Gasteiger partial charge on any atom is -0.493 e. The molecule has 1 atom stereocenters. The number of nitrogens with zero attached hydrogens (tertiary/aromatic N) is 1. The van der Waals surface area contributed by atoms with Crippen LogP contribution in [0.5, 0.6) is 17.2 Å². The van der Waals surface area contributed by atoms with Gasteiger partial charge in [0.2, 0.25) is 5.75 Å². The lowest BCUT2D eigenvalue weighted by atomic mass is 9.95.